The lowest BCUT2D eigenvalue weighted by Gasteiger charge is -2.09. The van der Waals surface area contributed by atoms with Gasteiger partial charge in [0.1, 0.15) is 5.69 Å². The third-order valence-electron chi connectivity index (χ3n) is 3.61. The maximum Gasteiger partial charge on any atom is 0.266 e. The van der Waals surface area contributed by atoms with Crippen LogP contribution in [-0.2, 0) is 16.4 Å². The number of pyridine rings is 1. The van der Waals surface area contributed by atoms with Gasteiger partial charge in [-0.25, -0.2) is 13.1 Å². The second-order valence-electron chi connectivity index (χ2n) is 5.63. The molecule has 0 aliphatic carbocycles. The minimum absolute atomic E-state index is 0.166. The Morgan fingerprint density at radius 3 is 2.72 bits per heavy atom. The quantitative estimate of drug-likeness (QED) is 0.726. The molecule has 25 heavy (non-hydrogen) atoms. The average Bonchev–Trinajstić information content (AvgIpc) is 3.06. The number of aryl methyl sites for hydroxylation is 2. The standard InChI is InChI=1S/C17H18N4O3S/c1-12-6-7-13(2)15(11-12)25(22,23)19-10-8-16-20-21-17(24-16)14-5-3-4-9-18-14/h3-7,9,11,19H,8,10H2,1-2H3. The molecule has 0 aliphatic rings. The average molecular weight is 358 g/mol. The number of nitrogens with one attached hydrogen (secondary N) is 1. The van der Waals surface area contributed by atoms with E-state index in [2.05, 4.69) is 19.9 Å². The minimum Gasteiger partial charge on any atom is -0.419 e. The Kier molecular flexibility index (Phi) is 4.91. The molecule has 0 radical (unpaired) electrons. The van der Waals surface area contributed by atoms with Gasteiger partial charge in [-0.3, -0.25) is 4.98 Å². The fourth-order valence-electron chi connectivity index (χ4n) is 2.31. The molecule has 1 N–H and O–H groups in total. The van der Waals surface area contributed by atoms with Crippen molar-refractivity contribution in [2.75, 3.05) is 6.54 Å². The molecule has 1 aromatic carbocycles. The normalized spacial score (nSPS) is 11.6. The first-order valence-corrected chi connectivity index (χ1v) is 9.25. The lowest BCUT2D eigenvalue weighted by molar-refractivity contribution is 0.500. The summed E-state index contributed by atoms with van der Waals surface area (Å²) < 4.78 is 33.0. The minimum atomic E-state index is -3.58. The van der Waals surface area contributed by atoms with Gasteiger partial charge in [0.25, 0.3) is 5.89 Å². The summed E-state index contributed by atoms with van der Waals surface area (Å²) in [5, 5.41) is 7.85. The number of hydrogen-bond donors (Lipinski definition) is 1. The fraction of sp³-hybridized carbons (Fsp3) is 0.235. The van der Waals surface area contributed by atoms with Gasteiger partial charge in [0, 0.05) is 19.2 Å². The second kappa shape index (κ2) is 7.12. The highest BCUT2D eigenvalue weighted by Gasteiger charge is 2.17. The molecule has 0 aliphatic heterocycles. The van der Waals surface area contributed by atoms with Crippen LogP contribution in [0.25, 0.3) is 11.6 Å². The monoisotopic (exact) mass is 358 g/mol. The van der Waals surface area contributed by atoms with Crippen LogP contribution >= 0.6 is 0 Å². The number of hydrogen-bond acceptors (Lipinski definition) is 6. The molecule has 8 heteroatoms. The predicted octanol–water partition coefficient (Wildman–Crippen LogP) is 2.27. The summed E-state index contributed by atoms with van der Waals surface area (Å²) in [6, 6.07) is 10.7. The summed E-state index contributed by atoms with van der Waals surface area (Å²) in [4.78, 5) is 4.42. The highest BCUT2D eigenvalue weighted by Crippen LogP contribution is 2.17. The van der Waals surface area contributed by atoms with Gasteiger partial charge in [0.2, 0.25) is 15.9 Å². The molecule has 0 saturated carbocycles. The molecule has 2 heterocycles. The van der Waals surface area contributed by atoms with Crippen molar-refractivity contribution < 1.29 is 12.8 Å². The molecule has 0 saturated heterocycles. The van der Waals surface area contributed by atoms with Crippen molar-refractivity contribution in [3.63, 3.8) is 0 Å². The first-order valence-electron chi connectivity index (χ1n) is 7.76. The van der Waals surface area contributed by atoms with E-state index in [-0.39, 0.29) is 11.4 Å². The van der Waals surface area contributed by atoms with Gasteiger partial charge in [0.15, 0.2) is 0 Å². The largest absolute Gasteiger partial charge is 0.419 e. The van der Waals surface area contributed by atoms with Crippen LogP contribution in [0.5, 0.6) is 0 Å². The van der Waals surface area contributed by atoms with Gasteiger partial charge in [-0.05, 0) is 43.2 Å². The Morgan fingerprint density at radius 2 is 1.96 bits per heavy atom. The Bertz CT molecular complexity index is 969. The smallest absolute Gasteiger partial charge is 0.266 e. The molecule has 0 bridgehead atoms. The van der Waals surface area contributed by atoms with E-state index in [4.69, 9.17) is 4.42 Å². The Morgan fingerprint density at radius 1 is 1.12 bits per heavy atom. The summed E-state index contributed by atoms with van der Waals surface area (Å²) >= 11 is 0. The molecule has 7 nitrogen and oxygen atoms in total. The van der Waals surface area contributed by atoms with Gasteiger partial charge >= 0.3 is 0 Å². The third kappa shape index (κ3) is 4.09. The summed E-state index contributed by atoms with van der Waals surface area (Å²) in [6.07, 6.45) is 1.93. The van der Waals surface area contributed by atoms with Crippen LogP contribution in [-0.4, -0.2) is 30.1 Å². The van der Waals surface area contributed by atoms with Crippen LogP contribution in [0.1, 0.15) is 17.0 Å². The van der Waals surface area contributed by atoms with E-state index in [0.29, 0.717) is 29.5 Å². The predicted molar refractivity (Wildman–Crippen MR) is 92.3 cm³/mol. The zero-order valence-electron chi connectivity index (χ0n) is 13.9. The molecule has 0 spiro atoms. The first kappa shape index (κ1) is 17.2. The van der Waals surface area contributed by atoms with Gasteiger partial charge in [0.05, 0.1) is 4.90 Å². The Labute approximate surface area is 146 Å². The maximum atomic E-state index is 12.4. The zero-order chi connectivity index (χ0) is 17.9. The molecule has 3 rings (SSSR count). The second-order valence-corrected chi connectivity index (χ2v) is 7.37. The highest BCUT2D eigenvalue weighted by molar-refractivity contribution is 7.89. The third-order valence-corrected chi connectivity index (χ3v) is 5.22. The van der Waals surface area contributed by atoms with Gasteiger partial charge in [-0.15, -0.1) is 10.2 Å². The van der Waals surface area contributed by atoms with Crippen molar-refractivity contribution in [2.24, 2.45) is 0 Å². The Balaban J connectivity index is 1.65. The van der Waals surface area contributed by atoms with Crippen LogP contribution in [0.15, 0.2) is 51.9 Å². The van der Waals surface area contributed by atoms with E-state index in [1.165, 1.54) is 0 Å². The topological polar surface area (TPSA) is 98.0 Å². The maximum absolute atomic E-state index is 12.4. The number of rotatable bonds is 6. The molecule has 0 atom stereocenters. The van der Waals surface area contributed by atoms with Crippen molar-refractivity contribution in [3.8, 4) is 11.6 Å². The van der Waals surface area contributed by atoms with Crippen molar-refractivity contribution in [3.05, 3.63) is 59.6 Å². The SMILES string of the molecule is Cc1ccc(C)c(S(=O)(=O)NCCc2nnc(-c3ccccn3)o2)c1. The zero-order valence-corrected chi connectivity index (χ0v) is 14.7. The number of aromatic nitrogens is 3. The summed E-state index contributed by atoms with van der Waals surface area (Å²) in [6.45, 7) is 3.79. The lowest BCUT2D eigenvalue weighted by atomic mass is 10.2. The summed E-state index contributed by atoms with van der Waals surface area (Å²) in [7, 11) is -3.58. The van der Waals surface area contributed by atoms with Crippen LogP contribution in [0.2, 0.25) is 0 Å². The lowest BCUT2D eigenvalue weighted by Crippen LogP contribution is -2.26. The molecule has 3 aromatic rings. The van der Waals surface area contributed by atoms with E-state index in [9.17, 15) is 8.42 Å². The van der Waals surface area contributed by atoms with E-state index >= 15 is 0 Å². The highest BCUT2D eigenvalue weighted by atomic mass is 32.2. The molecular formula is C17H18N4O3S. The number of nitrogens with zero attached hydrogens (tertiary/aromatic N) is 3. The molecule has 2 aromatic heterocycles. The van der Waals surface area contributed by atoms with Crippen LogP contribution in [0.3, 0.4) is 0 Å². The molecule has 0 amide bonds. The number of sulfonamides is 1. The van der Waals surface area contributed by atoms with E-state index < -0.39 is 10.0 Å². The van der Waals surface area contributed by atoms with E-state index in [0.717, 1.165) is 5.56 Å². The number of benzene rings is 1. The van der Waals surface area contributed by atoms with Crippen LogP contribution in [0.4, 0.5) is 0 Å². The van der Waals surface area contributed by atoms with E-state index in [1.54, 1.807) is 37.4 Å². The first-order chi connectivity index (χ1) is 12.0. The van der Waals surface area contributed by atoms with Crippen LogP contribution < -0.4 is 4.72 Å². The fourth-order valence-corrected chi connectivity index (χ4v) is 3.67. The van der Waals surface area contributed by atoms with Crippen molar-refractivity contribution in [2.45, 2.75) is 25.2 Å². The summed E-state index contributed by atoms with van der Waals surface area (Å²) in [5.41, 5.74) is 2.17. The summed E-state index contributed by atoms with van der Waals surface area (Å²) in [5.74, 6) is 0.664. The Hall–Kier alpha value is -2.58. The molecule has 130 valence electrons. The van der Waals surface area contributed by atoms with Crippen molar-refractivity contribution in [1.29, 1.82) is 0 Å². The van der Waals surface area contributed by atoms with Gasteiger partial charge in [-0.2, -0.15) is 0 Å². The molecular weight excluding hydrogens is 340 g/mol. The van der Waals surface area contributed by atoms with Crippen LogP contribution in [0, 0.1) is 13.8 Å². The van der Waals surface area contributed by atoms with Gasteiger partial charge < -0.3 is 4.42 Å². The van der Waals surface area contributed by atoms with Crippen molar-refractivity contribution in [1.82, 2.24) is 19.9 Å². The van der Waals surface area contributed by atoms with E-state index in [1.807, 2.05) is 19.1 Å². The van der Waals surface area contributed by atoms with Crippen molar-refractivity contribution >= 4 is 10.0 Å². The molecule has 0 fully saturated rings. The molecule has 0 unspecified atom stereocenters. The van der Waals surface area contributed by atoms with Gasteiger partial charge in [-0.1, -0.05) is 18.2 Å².